The van der Waals surface area contributed by atoms with Gasteiger partial charge in [0.05, 0.1) is 18.8 Å². The highest BCUT2D eigenvalue weighted by molar-refractivity contribution is 7.99. The van der Waals surface area contributed by atoms with Crippen molar-refractivity contribution < 1.29 is 19.4 Å². The van der Waals surface area contributed by atoms with Crippen LogP contribution in [0.3, 0.4) is 0 Å². The molecule has 5 aliphatic rings. The van der Waals surface area contributed by atoms with Gasteiger partial charge in [0, 0.05) is 35.5 Å². The first-order chi connectivity index (χ1) is 20.9. The van der Waals surface area contributed by atoms with Crippen LogP contribution in [0.15, 0.2) is 60.0 Å². The van der Waals surface area contributed by atoms with Crippen LogP contribution in [0.4, 0.5) is 10.5 Å². The molecular weight excluding hydrogens is 562 g/mol. The third kappa shape index (κ3) is 6.07. The summed E-state index contributed by atoms with van der Waals surface area (Å²) in [4.78, 5) is 13.1. The highest BCUT2D eigenvalue weighted by atomic mass is 32.2. The topological polar surface area (TPSA) is 111 Å². The van der Waals surface area contributed by atoms with Crippen LogP contribution in [0.1, 0.15) is 74.5 Å². The summed E-state index contributed by atoms with van der Waals surface area (Å²) in [6.45, 7) is 2.16. The number of nitrogens with one attached hydrogen (secondary N) is 2. The normalized spacial score (nSPS) is 33.0. The highest BCUT2D eigenvalue weighted by Gasteiger charge is 2.51. The zero-order valence-electron chi connectivity index (χ0n) is 24.8. The van der Waals surface area contributed by atoms with E-state index >= 15 is 0 Å². The Kier molecular flexibility index (Phi) is 7.96. The van der Waals surface area contributed by atoms with Gasteiger partial charge in [-0.05, 0) is 79.5 Å². The van der Waals surface area contributed by atoms with E-state index in [1.54, 1.807) is 18.1 Å². The van der Waals surface area contributed by atoms with Crippen molar-refractivity contribution in [2.75, 3.05) is 11.1 Å². The molecule has 0 unspecified atom stereocenters. The molecule has 4 atom stereocenters. The van der Waals surface area contributed by atoms with Crippen molar-refractivity contribution in [2.24, 2.45) is 30.7 Å². The zero-order valence-corrected chi connectivity index (χ0v) is 25.6. The van der Waals surface area contributed by atoms with Crippen LogP contribution in [0.5, 0.6) is 0 Å². The minimum Gasteiger partial charge on any atom is -0.392 e. The second-order valence-corrected chi connectivity index (χ2v) is 14.2. The molecule has 1 aromatic heterocycles. The third-order valence-electron chi connectivity index (χ3n) is 10.0. The minimum atomic E-state index is -0.571. The molecule has 4 aliphatic carbocycles. The number of thioether (sulfide) groups is 1. The summed E-state index contributed by atoms with van der Waals surface area (Å²) >= 11 is 1.62. The molecule has 2 heterocycles. The lowest BCUT2D eigenvalue weighted by molar-refractivity contribution is -0.268. The number of hydrogen-bond donors (Lipinski definition) is 3. The van der Waals surface area contributed by atoms with Gasteiger partial charge in [0.2, 0.25) is 0 Å². The van der Waals surface area contributed by atoms with Gasteiger partial charge in [0.1, 0.15) is 6.33 Å². The average molecular weight is 604 g/mol. The van der Waals surface area contributed by atoms with E-state index < -0.39 is 6.29 Å². The second-order valence-electron chi connectivity index (χ2n) is 13.3. The molecule has 0 spiro atoms. The largest absolute Gasteiger partial charge is 0.392 e. The van der Waals surface area contributed by atoms with Gasteiger partial charge in [-0.3, -0.25) is 0 Å². The van der Waals surface area contributed by atoms with Crippen LogP contribution in [-0.4, -0.2) is 43.3 Å². The molecule has 8 rings (SSSR count). The number of nitrogens with zero attached hydrogens (tertiary/aromatic N) is 3. The number of benzene rings is 2. The van der Waals surface area contributed by atoms with E-state index in [1.807, 2.05) is 60.1 Å². The number of anilines is 1. The summed E-state index contributed by atoms with van der Waals surface area (Å²) < 4.78 is 15.1. The molecule has 3 N–H and O–H groups in total. The summed E-state index contributed by atoms with van der Waals surface area (Å²) in [5, 5.41) is 25.0. The second kappa shape index (κ2) is 11.9. The molecule has 1 aliphatic heterocycles. The Hall–Kier alpha value is -2.92. The van der Waals surface area contributed by atoms with Gasteiger partial charge in [-0.25, -0.2) is 4.79 Å². The van der Waals surface area contributed by atoms with Crippen molar-refractivity contribution in [1.29, 1.82) is 0 Å². The van der Waals surface area contributed by atoms with Crippen LogP contribution >= 0.6 is 11.8 Å². The molecule has 228 valence electrons. The Labute approximate surface area is 257 Å². The maximum Gasteiger partial charge on any atom is 0.319 e. The average Bonchev–Trinajstić information content (AvgIpc) is 3.40. The molecule has 4 bridgehead atoms. The van der Waals surface area contributed by atoms with Crippen LogP contribution in [0.2, 0.25) is 0 Å². The van der Waals surface area contributed by atoms with Crippen LogP contribution in [-0.2, 0) is 23.1 Å². The Bertz CT molecular complexity index is 1390. The fourth-order valence-electron chi connectivity index (χ4n) is 8.26. The predicted octanol–water partition coefficient (Wildman–Crippen LogP) is 5.98. The van der Waals surface area contributed by atoms with Crippen molar-refractivity contribution in [3.8, 4) is 0 Å². The van der Waals surface area contributed by atoms with Crippen LogP contribution in [0.25, 0.3) is 0 Å². The number of carbonyl (C=O) groups is 1. The standard InChI is InChI=1S/C33H41N5O4S/c1-20-28(18-43-32-37-34-19-38(32)2)41-30(42-29(20)25-5-3-21(17-39)4-6-25)26-7-9-27(10-8-26)35-31(40)36-33-14-22-11-23(15-33)13-24(12-22)16-33/h3-10,19-20,22-24,28-30,39H,11-18H2,1-2H3,(H2,35,36,40)/t20-,22?,23?,24?,28+,29+,30+,33?/m0/s1. The number of rotatable bonds is 8. The van der Waals surface area contributed by atoms with E-state index in [0.29, 0.717) is 5.75 Å². The van der Waals surface area contributed by atoms with E-state index in [9.17, 15) is 9.90 Å². The van der Waals surface area contributed by atoms with Gasteiger partial charge in [0.15, 0.2) is 11.4 Å². The fourth-order valence-corrected chi connectivity index (χ4v) is 9.31. The molecule has 4 saturated carbocycles. The van der Waals surface area contributed by atoms with Crippen LogP contribution < -0.4 is 10.6 Å². The maximum absolute atomic E-state index is 13.1. The molecule has 5 fully saturated rings. The summed E-state index contributed by atoms with van der Waals surface area (Å²) in [6, 6.07) is 15.6. The van der Waals surface area contributed by atoms with Crippen molar-refractivity contribution in [1.82, 2.24) is 20.1 Å². The third-order valence-corrected chi connectivity index (χ3v) is 11.2. The van der Waals surface area contributed by atoms with E-state index in [0.717, 1.165) is 64.6 Å². The Morgan fingerprint density at radius 2 is 1.65 bits per heavy atom. The Morgan fingerprint density at radius 3 is 2.26 bits per heavy atom. The van der Waals surface area contributed by atoms with Gasteiger partial charge in [-0.2, -0.15) is 0 Å². The van der Waals surface area contributed by atoms with Gasteiger partial charge in [-0.15, -0.1) is 10.2 Å². The molecule has 1 saturated heterocycles. The smallest absolute Gasteiger partial charge is 0.319 e. The molecule has 9 nitrogen and oxygen atoms in total. The lowest BCUT2D eigenvalue weighted by atomic mass is 9.53. The van der Waals surface area contributed by atoms with Crippen molar-refractivity contribution in [3.63, 3.8) is 0 Å². The summed E-state index contributed by atoms with van der Waals surface area (Å²) in [7, 11) is 1.93. The lowest BCUT2D eigenvalue weighted by Crippen LogP contribution is -2.60. The number of carbonyl (C=O) groups excluding carboxylic acids is 1. The maximum atomic E-state index is 13.1. The number of aromatic nitrogens is 3. The van der Waals surface area contributed by atoms with Crippen LogP contribution in [0, 0.1) is 23.7 Å². The summed E-state index contributed by atoms with van der Waals surface area (Å²) in [5.74, 6) is 3.11. The fraction of sp³-hybridized carbons (Fsp3) is 0.545. The summed E-state index contributed by atoms with van der Waals surface area (Å²) in [5.41, 5.74) is 3.53. The number of hydrogen-bond acceptors (Lipinski definition) is 7. The van der Waals surface area contributed by atoms with Gasteiger partial charge < -0.3 is 29.8 Å². The molecule has 2 aromatic carbocycles. The van der Waals surface area contributed by atoms with E-state index in [-0.39, 0.29) is 36.3 Å². The Morgan fingerprint density at radius 1 is 1.00 bits per heavy atom. The number of ether oxygens (including phenoxy) is 2. The van der Waals surface area contributed by atoms with Crippen molar-refractivity contribution in [2.45, 2.75) is 81.2 Å². The highest BCUT2D eigenvalue weighted by Crippen LogP contribution is 2.55. The number of aliphatic hydroxyl groups is 1. The van der Waals surface area contributed by atoms with Crippen molar-refractivity contribution in [3.05, 3.63) is 71.5 Å². The number of aliphatic hydroxyl groups excluding tert-OH is 1. The predicted molar refractivity (Wildman–Crippen MR) is 164 cm³/mol. The number of aryl methyl sites for hydroxylation is 1. The molecule has 43 heavy (non-hydrogen) atoms. The number of urea groups is 1. The lowest BCUT2D eigenvalue weighted by Gasteiger charge is -2.56. The first-order valence-electron chi connectivity index (χ1n) is 15.5. The summed E-state index contributed by atoms with van der Waals surface area (Å²) in [6.07, 6.45) is 8.25. The molecule has 0 radical (unpaired) electrons. The van der Waals surface area contributed by atoms with Gasteiger partial charge >= 0.3 is 6.03 Å². The van der Waals surface area contributed by atoms with E-state index in [1.165, 1.54) is 19.3 Å². The van der Waals surface area contributed by atoms with Gasteiger partial charge in [-0.1, -0.05) is 55.1 Å². The molecular formula is C33H41N5O4S. The zero-order chi connectivity index (χ0) is 29.6. The Balaban J connectivity index is 1.04. The van der Waals surface area contributed by atoms with E-state index in [4.69, 9.17) is 9.47 Å². The quantitative estimate of drug-likeness (QED) is 0.272. The molecule has 10 heteroatoms. The molecule has 3 aromatic rings. The van der Waals surface area contributed by atoms with Gasteiger partial charge in [0.25, 0.3) is 0 Å². The molecule has 2 amide bonds. The monoisotopic (exact) mass is 603 g/mol. The first kappa shape index (κ1) is 28.8. The SMILES string of the molecule is C[C@H]1[C@@H](CSc2nncn2C)O[C@@H](c2ccc(NC(=O)NC34CC5CC(CC(C5)C3)C4)cc2)O[C@H]1c1ccc(CO)cc1. The van der Waals surface area contributed by atoms with E-state index in [2.05, 4.69) is 27.8 Å². The first-order valence-corrected chi connectivity index (χ1v) is 16.5. The van der Waals surface area contributed by atoms with Crippen molar-refractivity contribution >= 4 is 23.5 Å². The minimum absolute atomic E-state index is 0.00497. The number of amides is 2.